The van der Waals surface area contributed by atoms with E-state index in [2.05, 4.69) is 113 Å². The van der Waals surface area contributed by atoms with Gasteiger partial charge in [0.2, 0.25) is 5.54 Å². The number of carbonyl (C=O) groups excluding carboxylic acids is 8. The highest BCUT2D eigenvalue weighted by Gasteiger charge is 2.50. The van der Waals surface area contributed by atoms with Gasteiger partial charge in [0.05, 0.1) is 71.8 Å². The van der Waals surface area contributed by atoms with Crippen LogP contribution in [0.15, 0.2) is 100.0 Å². The van der Waals surface area contributed by atoms with Gasteiger partial charge in [-0.2, -0.15) is 15.3 Å². The Hall–Kier alpha value is -6.91. The van der Waals surface area contributed by atoms with Gasteiger partial charge in [-0.25, -0.2) is 31.9 Å². The number of nitrogens with two attached hydrogens (primary N) is 1. The number of nitrogens with one attached hydrogen (secondary N) is 2. The molecule has 1 aromatic heterocycles. The van der Waals surface area contributed by atoms with Gasteiger partial charge in [0.25, 0.3) is 0 Å². The minimum atomic E-state index is -1.58. The van der Waals surface area contributed by atoms with Crippen LogP contribution in [0.5, 0.6) is 0 Å². The lowest BCUT2D eigenvalue weighted by Gasteiger charge is -2.17. The van der Waals surface area contributed by atoms with Gasteiger partial charge < -0.3 is 39.1 Å². The number of rotatable bonds is 15. The molecule has 0 saturated heterocycles. The van der Waals surface area contributed by atoms with E-state index in [1.807, 2.05) is 0 Å². The first-order valence-electron chi connectivity index (χ1n) is 24.3. The molecule has 442 valence electrons. The van der Waals surface area contributed by atoms with Crippen LogP contribution >= 0.6 is 63.7 Å². The second kappa shape index (κ2) is 34.5. The van der Waals surface area contributed by atoms with Gasteiger partial charge in [0.1, 0.15) is 52.1 Å². The molecule has 2 unspecified atom stereocenters. The third-order valence-corrected chi connectivity index (χ3v) is 15.0. The fourth-order valence-corrected chi connectivity index (χ4v) is 8.89. The molecule has 0 spiro atoms. The lowest BCUT2D eigenvalue weighted by Crippen LogP contribution is -2.41. The molecule has 2 aliphatic rings. The van der Waals surface area contributed by atoms with Crippen molar-refractivity contribution in [2.24, 2.45) is 21.2 Å². The van der Waals surface area contributed by atoms with Crippen LogP contribution < -0.4 is 11.2 Å². The monoisotopic (exact) mass is 1400 g/mol. The fourth-order valence-electron chi connectivity index (χ4n) is 7.48. The number of hydrazone groups is 1. The number of nitrogens with zero attached hydrogens (tertiary/aromatic N) is 3. The largest absolute Gasteiger partial charge is 0.469 e. The van der Waals surface area contributed by atoms with E-state index >= 15 is 0 Å². The molecule has 2 saturated carbocycles. The summed E-state index contributed by atoms with van der Waals surface area (Å²) in [6, 6.07) is 16.1. The Morgan fingerprint density at radius 3 is 1.84 bits per heavy atom. The summed E-state index contributed by atoms with van der Waals surface area (Å²) < 4.78 is 81.2. The number of aromatic nitrogens is 1. The zero-order chi connectivity index (χ0) is 61.3. The zero-order valence-corrected chi connectivity index (χ0v) is 51.2. The molecule has 4 aromatic carbocycles. The highest BCUT2D eigenvalue weighted by molar-refractivity contribution is 9.11. The molecule has 7 rings (SSSR count). The van der Waals surface area contributed by atoms with Crippen LogP contribution in [0.4, 0.5) is 34.6 Å². The van der Waals surface area contributed by atoms with Crippen LogP contribution in [0.25, 0.3) is 10.9 Å². The van der Waals surface area contributed by atoms with Crippen LogP contribution in [-0.4, -0.2) is 106 Å². The number of hydrogen-bond acceptors (Lipinski definition) is 19. The summed E-state index contributed by atoms with van der Waals surface area (Å²) in [5.41, 5.74) is 8.73. The van der Waals surface area contributed by atoms with E-state index in [-0.39, 0.29) is 104 Å². The molecule has 4 N–H and O–H groups in total. The summed E-state index contributed by atoms with van der Waals surface area (Å²) in [6.45, 7) is 0. The number of anilines is 2. The Morgan fingerprint density at radius 2 is 1.29 bits per heavy atom. The predicted molar refractivity (Wildman–Crippen MR) is 306 cm³/mol. The van der Waals surface area contributed by atoms with Crippen LogP contribution in [0.2, 0.25) is 0 Å². The maximum absolute atomic E-state index is 13.6. The van der Waals surface area contributed by atoms with Crippen molar-refractivity contribution in [3.05, 3.63) is 119 Å². The van der Waals surface area contributed by atoms with Gasteiger partial charge in [-0.3, -0.25) is 29.4 Å². The molecule has 5 aromatic rings. The maximum atomic E-state index is 13.6. The number of ketones is 2. The second-order valence-electron chi connectivity index (χ2n) is 17.0. The third-order valence-electron chi connectivity index (χ3n) is 11.8. The van der Waals surface area contributed by atoms with Crippen molar-refractivity contribution in [2.45, 2.75) is 76.2 Å². The Bertz CT molecular complexity index is 3160. The quantitative estimate of drug-likeness (QED) is 0.0128. The smallest absolute Gasteiger partial charge is 0.354 e. The number of H-pyrrole nitrogens is 1. The molecule has 20 nitrogen and oxygen atoms in total. The third kappa shape index (κ3) is 19.6. The standard InChI is InChI=1S/C14H16BrFN2O4.C14H13BrFNO4.C13H12BrFN2O3.C7H10O3.C6H5BrFN/c1-21-12(19)8-4-7-11(14(20)22-2)18-17-10-6-3-5-9(16)13(10)15;1-20-10(18)6-4-8-7-3-5-9(16)11(15)12(7)17-13(8)14(19)21-2;1-20-12(19)13(7-3-6-10(13)18)17-16-9-5-2-4-8(15)11(9)14;1-10-7(9)5-3-2-4-6(5)8;7-6-4(8)2-1-3-5(6)9/h3,5-6,17H,4,7-8H2,1-2H3;3,5,17H,4,6H2,1-2H3;2,4-5H,3,6-7H2,1H3;5H,2-4H2,1H3;1-3H,9H2/b18-11+;;;;. The first-order chi connectivity index (χ1) is 39.0. The molecular weight excluding hydrogens is 1350 g/mol. The van der Waals surface area contributed by atoms with Gasteiger partial charge in [-0.05, 0) is 163 Å². The van der Waals surface area contributed by atoms with Crippen LogP contribution in [0.1, 0.15) is 80.3 Å². The molecular formula is C54H56Br4F4N6O14. The molecule has 0 amide bonds. The molecule has 2 aliphatic carbocycles. The predicted octanol–water partition coefficient (Wildman–Crippen LogP) is 11.9. The number of benzene rings is 4. The molecule has 0 radical (unpaired) electrons. The first kappa shape index (κ1) is 69.4. The molecule has 82 heavy (non-hydrogen) atoms. The second-order valence-corrected chi connectivity index (χ2v) is 20.2. The van der Waals surface area contributed by atoms with Gasteiger partial charge in [0, 0.05) is 36.8 Å². The van der Waals surface area contributed by atoms with Gasteiger partial charge in [-0.15, -0.1) is 0 Å². The van der Waals surface area contributed by atoms with E-state index in [1.165, 1.54) is 85.1 Å². The van der Waals surface area contributed by atoms with Crippen molar-refractivity contribution < 1.29 is 84.3 Å². The van der Waals surface area contributed by atoms with Gasteiger partial charge in [0.15, 0.2) is 5.78 Å². The summed E-state index contributed by atoms with van der Waals surface area (Å²) in [5.74, 6) is -5.50. The maximum Gasteiger partial charge on any atom is 0.354 e. The van der Waals surface area contributed by atoms with E-state index in [9.17, 15) is 55.9 Å². The van der Waals surface area contributed by atoms with E-state index < -0.39 is 46.8 Å². The number of Topliss-reactive ketones (excluding diaryl/α,β-unsaturated/α-hetero) is 2. The molecule has 0 aliphatic heterocycles. The van der Waals surface area contributed by atoms with Gasteiger partial charge >= 0.3 is 35.8 Å². The Morgan fingerprint density at radius 1 is 0.683 bits per heavy atom. The number of halogens is 8. The van der Waals surface area contributed by atoms with Crippen LogP contribution in [-0.2, 0) is 68.4 Å². The van der Waals surface area contributed by atoms with Crippen molar-refractivity contribution in [2.75, 3.05) is 53.8 Å². The molecule has 1 heterocycles. The molecule has 28 heteroatoms. The number of carbonyl (C=O) groups is 8. The zero-order valence-electron chi connectivity index (χ0n) is 44.9. The lowest BCUT2D eigenvalue weighted by atomic mass is 9.98. The highest BCUT2D eigenvalue weighted by atomic mass is 79.9. The minimum absolute atomic E-state index is 0.0341. The van der Waals surface area contributed by atoms with Crippen LogP contribution in [0, 0.1) is 29.2 Å². The van der Waals surface area contributed by atoms with E-state index in [1.54, 1.807) is 24.3 Å². The van der Waals surface area contributed by atoms with Crippen molar-refractivity contribution in [3.8, 4) is 0 Å². The van der Waals surface area contributed by atoms with E-state index in [0.29, 0.717) is 58.0 Å². The Kier molecular flexibility index (Phi) is 29.2. The Labute approximate surface area is 501 Å². The summed E-state index contributed by atoms with van der Waals surface area (Å²) in [4.78, 5) is 94.1. The van der Waals surface area contributed by atoms with Crippen LogP contribution in [0.3, 0.4) is 0 Å². The number of nitrogen functional groups attached to an aromatic ring is 1. The Balaban J connectivity index is 0.000000279. The van der Waals surface area contributed by atoms with Crippen molar-refractivity contribution >= 4 is 145 Å². The number of fused-ring (bicyclic) bond motifs is 1. The number of aromatic amines is 1. The minimum Gasteiger partial charge on any atom is -0.469 e. The van der Waals surface area contributed by atoms with E-state index in [4.69, 9.17) is 10.5 Å². The summed E-state index contributed by atoms with van der Waals surface area (Å²) in [5, 5.41) is 12.3. The fraction of sp³-hybridized carbons (Fsp3) is 0.352. The van der Waals surface area contributed by atoms with E-state index in [0.717, 1.165) is 6.42 Å². The number of azo groups is 1. The number of aryl methyl sites for hydroxylation is 1. The van der Waals surface area contributed by atoms with Crippen molar-refractivity contribution in [1.29, 1.82) is 0 Å². The molecule has 2 fully saturated rings. The summed E-state index contributed by atoms with van der Waals surface area (Å²) in [6.07, 6.45) is 4.29. The number of esters is 6. The first-order valence-corrected chi connectivity index (χ1v) is 27.5. The number of methoxy groups -OCH3 is 6. The SMILES string of the molecule is COC(=O)C1(N=Nc2cccc(F)c2Br)CCCC1=O.COC(=O)C1CCCC1=O.COC(=O)CCC/C(=N\Nc1cccc(F)c1Br)C(=O)OC.COC(=O)CCc1c(C(=O)OC)[nH]c2c(Br)c(F)ccc12.Nc1cccc(F)c1Br. The summed E-state index contributed by atoms with van der Waals surface area (Å²) >= 11 is 12.3. The molecule has 2 atom stereocenters. The summed E-state index contributed by atoms with van der Waals surface area (Å²) in [7, 11) is 7.59. The van der Waals surface area contributed by atoms with Gasteiger partial charge in [-0.1, -0.05) is 18.2 Å². The topological polar surface area (TPSA) is 283 Å². The van der Waals surface area contributed by atoms with Crippen molar-refractivity contribution in [3.63, 3.8) is 0 Å². The molecule has 0 bridgehead atoms. The average Bonchev–Trinajstić information content (AvgIpc) is 4.42. The lowest BCUT2D eigenvalue weighted by molar-refractivity contribution is -0.151. The highest BCUT2D eigenvalue weighted by Crippen LogP contribution is 2.36. The number of ether oxygens (including phenoxy) is 6. The normalized spacial score (nSPS) is 15.2. The van der Waals surface area contributed by atoms with Crippen molar-refractivity contribution in [1.82, 2.24) is 4.98 Å². The number of hydrogen-bond donors (Lipinski definition) is 3. The average molecular weight is 1410 g/mol.